The Morgan fingerprint density at radius 1 is 1.25 bits per heavy atom. The van der Waals surface area contributed by atoms with Crippen LogP contribution in [-0.2, 0) is 6.54 Å². The molecule has 0 bridgehead atoms. The van der Waals surface area contributed by atoms with E-state index in [0.29, 0.717) is 12.0 Å². The van der Waals surface area contributed by atoms with Crippen LogP contribution in [0, 0.1) is 11.6 Å². The normalized spacial score (nSPS) is 15.5. The van der Waals surface area contributed by atoms with Gasteiger partial charge in [-0.3, -0.25) is 4.99 Å². The van der Waals surface area contributed by atoms with Gasteiger partial charge in [0, 0.05) is 38.3 Å². The van der Waals surface area contributed by atoms with Crippen LogP contribution in [0.15, 0.2) is 23.2 Å². The molecule has 0 aliphatic heterocycles. The molecule has 1 aliphatic carbocycles. The van der Waals surface area contributed by atoms with Crippen LogP contribution in [-0.4, -0.2) is 44.1 Å². The lowest BCUT2D eigenvalue weighted by atomic mass is 10.2. The minimum Gasteiger partial charge on any atom is -0.355 e. The summed E-state index contributed by atoms with van der Waals surface area (Å²) in [6.45, 7) is 1.89. The maximum atomic E-state index is 13.6. The number of rotatable bonds is 6. The second kappa shape index (κ2) is 10.8. The molecule has 1 aromatic carbocycles. The molecule has 24 heavy (non-hydrogen) atoms. The Labute approximate surface area is 160 Å². The molecule has 7 heteroatoms. The summed E-state index contributed by atoms with van der Waals surface area (Å²) in [4.78, 5) is 6.48. The summed E-state index contributed by atoms with van der Waals surface area (Å²) < 4.78 is 26.7. The molecule has 4 nitrogen and oxygen atoms in total. The van der Waals surface area contributed by atoms with Crippen LogP contribution in [0.2, 0.25) is 0 Å². The molecular formula is C17H27F2IN4. The average molecular weight is 452 g/mol. The van der Waals surface area contributed by atoms with Crippen LogP contribution in [0.1, 0.15) is 31.2 Å². The van der Waals surface area contributed by atoms with Crippen molar-refractivity contribution < 1.29 is 8.78 Å². The van der Waals surface area contributed by atoms with Gasteiger partial charge in [0.15, 0.2) is 5.96 Å². The maximum Gasteiger partial charge on any atom is 0.191 e. The monoisotopic (exact) mass is 452 g/mol. The third-order valence-electron chi connectivity index (χ3n) is 4.38. The van der Waals surface area contributed by atoms with Crippen molar-refractivity contribution in [3.63, 3.8) is 0 Å². The Kier molecular flexibility index (Phi) is 9.50. The first-order chi connectivity index (χ1) is 11.1. The quantitative estimate of drug-likeness (QED) is 0.396. The number of hydrogen-bond acceptors (Lipinski definition) is 2. The fraction of sp³-hybridized carbons (Fsp3) is 0.588. The van der Waals surface area contributed by atoms with E-state index in [0.717, 1.165) is 25.2 Å². The fourth-order valence-electron chi connectivity index (χ4n) is 2.96. The average Bonchev–Trinajstić information content (AvgIpc) is 3.08. The van der Waals surface area contributed by atoms with Crippen molar-refractivity contribution in [2.75, 3.05) is 27.2 Å². The van der Waals surface area contributed by atoms with E-state index in [9.17, 15) is 8.78 Å². The molecule has 1 aliphatic rings. The third kappa shape index (κ3) is 6.51. The summed E-state index contributed by atoms with van der Waals surface area (Å²) in [7, 11) is 3.81. The van der Waals surface area contributed by atoms with Gasteiger partial charge in [-0.1, -0.05) is 12.8 Å². The van der Waals surface area contributed by atoms with E-state index in [1.54, 1.807) is 7.05 Å². The van der Waals surface area contributed by atoms with Gasteiger partial charge in [0.1, 0.15) is 11.6 Å². The number of benzene rings is 1. The summed E-state index contributed by atoms with van der Waals surface area (Å²) in [5.41, 5.74) is 0.288. The highest BCUT2D eigenvalue weighted by Gasteiger charge is 2.18. The Balaban J connectivity index is 0.00000288. The van der Waals surface area contributed by atoms with Gasteiger partial charge in [-0.15, -0.1) is 24.0 Å². The van der Waals surface area contributed by atoms with Gasteiger partial charge in [-0.25, -0.2) is 8.78 Å². The Bertz CT molecular complexity index is 533. The molecule has 0 amide bonds. The number of nitrogens with one attached hydrogen (secondary N) is 2. The fourth-order valence-corrected chi connectivity index (χ4v) is 2.96. The zero-order valence-corrected chi connectivity index (χ0v) is 16.6. The Morgan fingerprint density at radius 2 is 1.96 bits per heavy atom. The molecule has 0 radical (unpaired) electrons. The molecule has 2 rings (SSSR count). The standard InChI is InChI=1S/C17H26F2N4.HI/c1-20-17(21-9-10-23(2)15-5-3-4-6-15)22-12-13-11-14(18)7-8-16(13)19;/h7-8,11,15H,3-6,9-10,12H2,1-2H3,(H2,20,21,22);1H. The molecule has 0 spiro atoms. The third-order valence-corrected chi connectivity index (χ3v) is 4.38. The highest BCUT2D eigenvalue weighted by Crippen LogP contribution is 2.21. The van der Waals surface area contributed by atoms with Gasteiger partial charge < -0.3 is 15.5 Å². The molecule has 136 valence electrons. The van der Waals surface area contributed by atoms with Crippen LogP contribution in [0.25, 0.3) is 0 Å². The van der Waals surface area contributed by atoms with Crippen molar-refractivity contribution in [2.45, 2.75) is 38.3 Å². The Hall–Kier alpha value is -0.960. The van der Waals surface area contributed by atoms with Crippen molar-refractivity contribution in [3.05, 3.63) is 35.4 Å². The lowest BCUT2D eigenvalue weighted by Gasteiger charge is -2.24. The minimum atomic E-state index is -0.440. The molecule has 0 saturated heterocycles. The lowest BCUT2D eigenvalue weighted by molar-refractivity contribution is 0.249. The zero-order valence-electron chi connectivity index (χ0n) is 14.3. The molecule has 0 unspecified atom stereocenters. The van der Waals surface area contributed by atoms with Gasteiger partial charge in [0.2, 0.25) is 0 Å². The van der Waals surface area contributed by atoms with Crippen LogP contribution < -0.4 is 10.6 Å². The highest BCUT2D eigenvalue weighted by atomic mass is 127. The molecule has 1 fully saturated rings. The van der Waals surface area contributed by atoms with E-state index >= 15 is 0 Å². The summed E-state index contributed by atoms with van der Waals surface area (Å²) in [5, 5.41) is 6.22. The van der Waals surface area contributed by atoms with E-state index < -0.39 is 11.6 Å². The maximum absolute atomic E-state index is 13.6. The van der Waals surface area contributed by atoms with Gasteiger partial charge in [-0.2, -0.15) is 0 Å². The topological polar surface area (TPSA) is 39.7 Å². The number of likely N-dealkylation sites (N-methyl/N-ethyl adjacent to an activating group) is 1. The second-order valence-electron chi connectivity index (χ2n) is 6.01. The minimum absolute atomic E-state index is 0. The van der Waals surface area contributed by atoms with Crippen LogP contribution in [0.3, 0.4) is 0 Å². The van der Waals surface area contributed by atoms with Crippen molar-refractivity contribution >= 4 is 29.9 Å². The first-order valence-electron chi connectivity index (χ1n) is 8.19. The molecule has 2 N–H and O–H groups in total. The van der Waals surface area contributed by atoms with E-state index in [-0.39, 0.29) is 36.1 Å². The SMILES string of the molecule is CN=C(NCCN(C)C1CCCC1)NCc1cc(F)ccc1F.I. The first-order valence-corrected chi connectivity index (χ1v) is 8.19. The van der Waals surface area contributed by atoms with Crippen molar-refractivity contribution in [3.8, 4) is 0 Å². The predicted octanol–water partition coefficient (Wildman–Crippen LogP) is 3.12. The number of nitrogens with zero attached hydrogens (tertiary/aromatic N) is 2. The number of aliphatic imine (C=N–C) groups is 1. The number of hydrogen-bond donors (Lipinski definition) is 2. The summed E-state index contributed by atoms with van der Waals surface area (Å²) in [5.74, 6) is -0.270. The zero-order chi connectivity index (χ0) is 16.7. The van der Waals surface area contributed by atoms with Crippen LogP contribution in [0.4, 0.5) is 8.78 Å². The van der Waals surface area contributed by atoms with Gasteiger partial charge in [0.25, 0.3) is 0 Å². The van der Waals surface area contributed by atoms with E-state index in [4.69, 9.17) is 0 Å². The van der Waals surface area contributed by atoms with Gasteiger partial charge >= 0.3 is 0 Å². The molecule has 1 saturated carbocycles. The van der Waals surface area contributed by atoms with Crippen LogP contribution >= 0.6 is 24.0 Å². The molecule has 0 atom stereocenters. The highest BCUT2D eigenvalue weighted by molar-refractivity contribution is 14.0. The lowest BCUT2D eigenvalue weighted by Crippen LogP contribution is -2.42. The summed E-state index contributed by atoms with van der Waals surface area (Å²) in [6.07, 6.45) is 5.21. The van der Waals surface area contributed by atoms with E-state index in [2.05, 4.69) is 27.6 Å². The van der Waals surface area contributed by atoms with Crippen LogP contribution in [0.5, 0.6) is 0 Å². The van der Waals surface area contributed by atoms with E-state index in [1.807, 2.05) is 0 Å². The predicted molar refractivity (Wildman–Crippen MR) is 105 cm³/mol. The Morgan fingerprint density at radius 3 is 2.62 bits per heavy atom. The number of halogens is 3. The van der Waals surface area contributed by atoms with Gasteiger partial charge in [-0.05, 0) is 38.1 Å². The first kappa shape index (κ1) is 21.1. The largest absolute Gasteiger partial charge is 0.355 e. The smallest absolute Gasteiger partial charge is 0.191 e. The summed E-state index contributed by atoms with van der Waals surface area (Å²) >= 11 is 0. The molecule has 0 aromatic heterocycles. The molecular weight excluding hydrogens is 425 g/mol. The van der Waals surface area contributed by atoms with E-state index in [1.165, 1.54) is 31.7 Å². The molecule has 1 aromatic rings. The summed E-state index contributed by atoms with van der Waals surface area (Å²) in [6, 6.07) is 4.14. The second-order valence-corrected chi connectivity index (χ2v) is 6.01. The van der Waals surface area contributed by atoms with Crippen molar-refractivity contribution in [1.29, 1.82) is 0 Å². The van der Waals surface area contributed by atoms with Crippen molar-refractivity contribution in [2.24, 2.45) is 4.99 Å². The van der Waals surface area contributed by atoms with Crippen molar-refractivity contribution in [1.82, 2.24) is 15.5 Å². The molecule has 0 heterocycles. The number of guanidine groups is 1. The van der Waals surface area contributed by atoms with Gasteiger partial charge in [0.05, 0.1) is 0 Å².